The van der Waals surface area contributed by atoms with Gasteiger partial charge in [-0.15, -0.1) is 0 Å². The number of fused-ring (bicyclic) bond motifs is 1. The highest BCUT2D eigenvalue weighted by Crippen LogP contribution is 2.49. The second-order valence-corrected chi connectivity index (χ2v) is 12.0. The molecule has 0 spiro atoms. The van der Waals surface area contributed by atoms with Crippen molar-refractivity contribution in [2.24, 2.45) is 5.41 Å². The van der Waals surface area contributed by atoms with Crippen LogP contribution in [0.2, 0.25) is 0 Å². The number of carboxylic acids is 1. The quantitative estimate of drug-likeness (QED) is 0.406. The van der Waals surface area contributed by atoms with E-state index in [4.69, 9.17) is 4.74 Å². The number of hydrogen-bond donors (Lipinski definition) is 1. The van der Waals surface area contributed by atoms with Crippen LogP contribution in [0.5, 0.6) is 5.75 Å². The number of halogens is 6. The van der Waals surface area contributed by atoms with Crippen molar-refractivity contribution in [2.75, 3.05) is 25.1 Å². The Morgan fingerprint density at radius 3 is 2.36 bits per heavy atom. The molecule has 7 nitrogen and oxygen atoms in total. The summed E-state index contributed by atoms with van der Waals surface area (Å²) in [6, 6.07) is 4.84. The number of carbonyl (C=O) groups is 1. The number of ether oxygens (including phenoxy) is 1. The van der Waals surface area contributed by atoms with Crippen LogP contribution in [0.3, 0.4) is 0 Å². The summed E-state index contributed by atoms with van der Waals surface area (Å²) < 4.78 is 118. The summed E-state index contributed by atoms with van der Waals surface area (Å²) >= 11 is 0. The van der Waals surface area contributed by atoms with E-state index in [0.29, 0.717) is 19.1 Å². The van der Waals surface area contributed by atoms with Crippen LogP contribution in [0.15, 0.2) is 41.3 Å². The van der Waals surface area contributed by atoms with Crippen molar-refractivity contribution in [3.8, 4) is 5.75 Å². The van der Waals surface area contributed by atoms with Crippen LogP contribution in [0, 0.1) is 11.2 Å². The summed E-state index contributed by atoms with van der Waals surface area (Å²) in [6.07, 6.45) is -5.71. The zero-order valence-corrected chi connectivity index (χ0v) is 21.8. The maximum atomic E-state index is 14.2. The fourth-order valence-corrected chi connectivity index (χ4v) is 6.02. The Balaban J connectivity index is 1.89. The van der Waals surface area contributed by atoms with Crippen LogP contribution in [0.25, 0.3) is 0 Å². The number of carboxylic acid groups (broad SMARTS) is 1. The third kappa shape index (κ3) is 5.96. The minimum Gasteiger partial charge on any atom is -0.492 e. The maximum Gasteiger partial charge on any atom is 0.420 e. The summed E-state index contributed by atoms with van der Waals surface area (Å²) in [7, 11) is -3.44. The molecule has 0 amide bonds. The molecule has 2 aromatic carbocycles. The first kappa shape index (κ1) is 29.0. The maximum absolute atomic E-state index is 14.2. The molecule has 4 rings (SSSR count). The van der Waals surface area contributed by atoms with Gasteiger partial charge in [-0.2, -0.15) is 17.5 Å². The molecule has 1 N–H and O–H groups in total. The van der Waals surface area contributed by atoms with Crippen molar-refractivity contribution in [2.45, 2.75) is 55.6 Å². The van der Waals surface area contributed by atoms with Crippen LogP contribution in [0.4, 0.5) is 37.7 Å². The summed E-state index contributed by atoms with van der Waals surface area (Å²) in [4.78, 5) is 12.0. The van der Waals surface area contributed by atoms with Crippen molar-refractivity contribution in [1.82, 2.24) is 4.31 Å². The summed E-state index contributed by atoms with van der Waals surface area (Å²) in [6.45, 7) is -0.288. The van der Waals surface area contributed by atoms with E-state index < -0.39 is 80.3 Å². The van der Waals surface area contributed by atoms with E-state index in [2.05, 4.69) is 0 Å². The molecule has 1 aliphatic heterocycles. The molecule has 0 saturated heterocycles. The third-order valence-electron chi connectivity index (χ3n) is 7.07. The Kier molecular flexibility index (Phi) is 7.34. The number of sulfonamides is 1. The predicted octanol–water partition coefficient (Wildman–Crippen LogP) is 5.66. The normalized spacial score (nSPS) is 20.7. The number of likely N-dealkylation sites (N-methyl/N-ethyl adjacent to an activating group) is 1. The first-order valence-corrected chi connectivity index (χ1v) is 13.4. The lowest BCUT2D eigenvalue weighted by atomic mass is 10.1. The molecule has 0 bridgehead atoms. The lowest BCUT2D eigenvalue weighted by molar-refractivity contribution is -0.144. The largest absolute Gasteiger partial charge is 0.492 e. The van der Waals surface area contributed by atoms with Gasteiger partial charge in [0.05, 0.1) is 11.3 Å². The van der Waals surface area contributed by atoms with Crippen molar-refractivity contribution < 1.29 is 49.4 Å². The minimum atomic E-state index is -5.04. The molecule has 1 fully saturated rings. The first-order chi connectivity index (χ1) is 17.9. The lowest BCUT2D eigenvalue weighted by Gasteiger charge is -2.30. The zero-order valence-electron chi connectivity index (χ0n) is 20.9. The van der Waals surface area contributed by atoms with Crippen LogP contribution < -0.4 is 9.64 Å². The summed E-state index contributed by atoms with van der Waals surface area (Å²) in [5.41, 5.74) is -3.16. The monoisotopic (exact) mass is 580 g/mol. The Bertz CT molecular complexity index is 1370. The molecule has 1 saturated carbocycles. The Hall–Kier alpha value is -3.00. The van der Waals surface area contributed by atoms with E-state index in [1.807, 2.05) is 0 Å². The highest BCUT2D eigenvalue weighted by atomic mass is 32.2. The number of alkyl halides is 5. The average Bonchev–Trinajstić information content (AvgIpc) is 3.62. The van der Waals surface area contributed by atoms with Gasteiger partial charge in [0.2, 0.25) is 15.9 Å². The standard InChI is InChI=1S/C25H26F6N2O5S/c1-23(27,28)7-6-17-13-33(16-5-3-4-15(26)10-16)19-11-18(25(29,30)31)20(12-21(19)39(36,37)32(17)2)38-14-24(8-9-24)22(34)35/h3-5,10-12,17H,6-9,13-14H2,1-2H3,(H,34,35)/t17-/m1/s1. The molecular formula is C25H26F6N2O5S. The van der Waals surface area contributed by atoms with Gasteiger partial charge in [-0.05, 0) is 50.5 Å². The second kappa shape index (κ2) is 9.88. The van der Waals surface area contributed by atoms with Gasteiger partial charge < -0.3 is 14.7 Å². The van der Waals surface area contributed by atoms with Crippen molar-refractivity contribution in [1.29, 1.82) is 0 Å². The third-order valence-corrected chi connectivity index (χ3v) is 9.01. The molecule has 2 aliphatic rings. The molecule has 14 heteroatoms. The van der Waals surface area contributed by atoms with E-state index >= 15 is 0 Å². The van der Waals surface area contributed by atoms with Crippen LogP contribution in [-0.2, 0) is 21.0 Å². The summed E-state index contributed by atoms with van der Waals surface area (Å²) in [5.74, 6) is -6.01. The molecule has 0 unspecified atom stereocenters. The van der Waals surface area contributed by atoms with Gasteiger partial charge in [0.1, 0.15) is 28.5 Å². The fourth-order valence-electron chi connectivity index (χ4n) is 4.45. The molecule has 0 aromatic heterocycles. The van der Waals surface area contributed by atoms with Crippen LogP contribution >= 0.6 is 0 Å². The van der Waals surface area contributed by atoms with E-state index in [1.54, 1.807) is 0 Å². The molecule has 1 aliphatic carbocycles. The Morgan fingerprint density at radius 2 is 1.82 bits per heavy atom. The van der Waals surface area contributed by atoms with Gasteiger partial charge >= 0.3 is 12.1 Å². The first-order valence-electron chi connectivity index (χ1n) is 12.0. The molecule has 1 heterocycles. The molecule has 0 radical (unpaired) electrons. The minimum absolute atomic E-state index is 0.0135. The summed E-state index contributed by atoms with van der Waals surface area (Å²) in [5, 5.41) is 9.38. The van der Waals surface area contributed by atoms with E-state index in [-0.39, 0.29) is 31.5 Å². The molecule has 214 valence electrons. The number of nitrogens with zero attached hydrogens (tertiary/aromatic N) is 2. The van der Waals surface area contributed by atoms with Gasteiger partial charge in [-0.1, -0.05) is 6.07 Å². The molecule has 39 heavy (non-hydrogen) atoms. The SMILES string of the molecule is CN1[C@H](CCC(C)(F)F)CN(c2cccc(F)c2)c2cc(C(F)(F)F)c(OCC3(C(=O)O)CC3)cc2S1(=O)=O. The highest BCUT2D eigenvalue weighted by Gasteiger charge is 2.52. The van der Waals surface area contributed by atoms with Crippen molar-refractivity contribution in [3.05, 3.63) is 47.8 Å². The lowest BCUT2D eigenvalue weighted by Crippen LogP contribution is -2.41. The highest BCUT2D eigenvalue weighted by molar-refractivity contribution is 7.89. The second-order valence-electron chi connectivity index (χ2n) is 10.1. The molecule has 1 atom stereocenters. The molecular weight excluding hydrogens is 554 g/mol. The Morgan fingerprint density at radius 1 is 1.15 bits per heavy atom. The van der Waals surface area contributed by atoms with E-state index in [0.717, 1.165) is 28.4 Å². The Labute approximate surface area is 221 Å². The van der Waals surface area contributed by atoms with Gasteiger partial charge in [0.25, 0.3) is 0 Å². The number of anilines is 2. The van der Waals surface area contributed by atoms with Gasteiger partial charge in [-0.25, -0.2) is 21.6 Å². The number of aliphatic carboxylic acids is 1. The number of benzene rings is 2. The smallest absolute Gasteiger partial charge is 0.420 e. The van der Waals surface area contributed by atoms with Crippen LogP contribution in [-0.4, -0.2) is 56.0 Å². The fraction of sp³-hybridized carbons (Fsp3) is 0.480. The van der Waals surface area contributed by atoms with Crippen LogP contribution in [0.1, 0.15) is 38.2 Å². The predicted molar refractivity (Wildman–Crippen MR) is 128 cm³/mol. The zero-order chi connectivity index (χ0) is 29.0. The van der Waals surface area contributed by atoms with Gasteiger partial charge in [-0.3, -0.25) is 4.79 Å². The average molecular weight is 581 g/mol. The number of rotatable bonds is 8. The van der Waals surface area contributed by atoms with Crippen molar-refractivity contribution >= 4 is 27.4 Å². The topological polar surface area (TPSA) is 87.2 Å². The van der Waals surface area contributed by atoms with Gasteiger partial charge in [0, 0.05) is 37.8 Å². The number of hydrogen-bond acceptors (Lipinski definition) is 5. The van der Waals surface area contributed by atoms with Gasteiger partial charge in [0.15, 0.2) is 0 Å². The van der Waals surface area contributed by atoms with E-state index in [1.165, 1.54) is 12.1 Å². The van der Waals surface area contributed by atoms with E-state index in [9.17, 15) is 44.7 Å². The molecule has 2 aromatic rings. The van der Waals surface area contributed by atoms with Crippen molar-refractivity contribution in [3.63, 3.8) is 0 Å².